The van der Waals surface area contributed by atoms with E-state index in [1.54, 1.807) is 11.9 Å². The Hall–Kier alpha value is -0.810. The second-order valence-electron chi connectivity index (χ2n) is 6.57. The first-order chi connectivity index (χ1) is 12.8. The van der Waals surface area contributed by atoms with Crippen LogP contribution in [-0.4, -0.2) is 49.4 Å². The van der Waals surface area contributed by atoms with Crippen LogP contribution in [0.15, 0.2) is 36.4 Å². The van der Waals surface area contributed by atoms with Gasteiger partial charge in [0.05, 0.1) is 0 Å². The zero-order chi connectivity index (χ0) is 19.0. The molecule has 4 heteroatoms. The van der Waals surface area contributed by atoms with E-state index in [0.29, 0.717) is 0 Å². The molecule has 26 heavy (non-hydrogen) atoms. The fourth-order valence-corrected chi connectivity index (χ4v) is 3.26. The third-order valence-corrected chi connectivity index (χ3v) is 4.96. The molecule has 0 aromatic heterocycles. The summed E-state index contributed by atoms with van der Waals surface area (Å²) >= 11 is 1.72. The number of benzene rings is 1. The first-order valence-electron chi connectivity index (χ1n) is 10.2. The van der Waals surface area contributed by atoms with Gasteiger partial charge in [-0.3, -0.25) is 4.72 Å². The van der Waals surface area contributed by atoms with Crippen LogP contribution in [0.5, 0.6) is 0 Å². The Morgan fingerprint density at radius 3 is 2.19 bits per heavy atom. The molecule has 2 N–H and O–H groups in total. The first kappa shape index (κ1) is 23.2. The molecule has 1 aliphatic heterocycles. The highest BCUT2D eigenvalue weighted by Gasteiger charge is 2.26. The first-order valence-corrected chi connectivity index (χ1v) is 11.5. The van der Waals surface area contributed by atoms with Crippen molar-refractivity contribution in [2.24, 2.45) is 0 Å². The van der Waals surface area contributed by atoms with Crippen molar-refractivity contribution >= 4 is 18.0 Å². The van der Waals surface area contributed by atoms with Gasteiger partial charge in [-0.2, -0.15) is 0 Å². The molecule has 1 aromatic rings. The molecule has 0 unspecified atom stereocenters. The van der Waals surface area contributed by atoms with Crippen molar-refractivity contribution in [2.45, 2.75) is 58.5 Å². The minimum absolute atomic E-state index is 0.808. The summed E-state index contributed by atoms with van der Waals surface area (Å²) in [4.78, 5) is 2.58. The van der Waals surface area contributed by atoms with Crippen molar-refractivity contribution in [3.63, 3.8) is 0 Å². The minimum atomic E-state index is 0.808. The molecule has 2 aliphatic rings. The Balaban J connectivity index is 0.000000263. The molecule has 3 nitrogen and oxygen atoms in total. The van der Waals surface area contributed by atoms with E-state index >= 15 is 0 Å². The van der Waals surface area contributed by atoms with Gasteiger partial charge < -0.3 is 10.2 Å². The van der Waals surface area contributed by atoms with Gasteiger partial charge >= 0.3 is 0 Å². The molecule has 0 bridgehead atoms. The molecule has 148 valence electrons. The predicted molar refractivity (Wildman–Crippen MR) is 120 cm³/mol. The van der Waals surface area contributed by atoms with Crippen molar-refractivity contribution in [1.82, 2.24) is 14.9 Å². The van der Waals surface area contributed by atoms with Crippen molar-refractivity contribution in [3.8, 4) is 0 Å². The van der Waals surface area contributed by atoms with Crippen LogP contribution in [0.3, 0.4) is 0 Å². The van der Waals surface area contributed by atoms with Crippen LogP contribution in [0, 0.1) is 0 Å². The van der Waals surface area contributed by atoms with Crippen LogP contribution in [0.2, 0.25) is 0 Å². The molecule has 1 aliphatic carbocycles. The largest absolute Gasteiger partial charge is 0.311 e. The van der Waals surface area contributed by atoms with Gasteiger partial charge in [0.2, 0.25) is 0 Å². The summed E-state index contributed by atoms with van der Waals surface area (Å²) in [7, 11) is 0. The van der Waals surface area contributed by atoms with Crippen LogP contribution in [0.25, 0.3) is 6.08 Å². The molecule has 0 radical (unpaired) electrons. The number of allylic oxidation sites excluding steroid dienone is 1. The zero-order valence-corrected chi connectivity index (χ0v) is 18.0. The average Bonchev–Trinajstić information content (AvgIpc) is 3.51. The summed E-state index contributed by atoms with van der Waals surface area (Å²) in [6.07, 6.45) is 11.7. The number of rotatable bonds is 7. The van der Waals surface area contributed by atoms with E-state index in [1.807, 2.05) is 45.0 Å². The van der Waals surface area contributed by atoms with Gasteiger partial charge in [0.1, 0.15) is 0 Å². The van der Waals surface area contributed by atoms with Gasteiger partial charge in [0.15, 0.2) is 0 Å². The number of hydrogen-bond acceptors (Lipinski definition) is 4. The summed E-state index contributed by atoms with van der Waals surface area (Å²) in [5.74, 6) is 0. The van der Waals surface area contributed by atoms with Crippen LogP contribution in [0.4, 0.5) is 0 Å². The van der Waals surface area contributed by atoms with Gasteiger partial charge in [-0.1, -0.05) is 68.3 Å². The fraction of sp³-hybridized carbons (Fsp3) is 0.636. The lowest BCUT2D eigenvalue weighted by molar-refractivity contribution is 0.200. The smallest absolute Gasteiger partial charge is 0.0186 e. The maximum atomic E-state index is 3.73. The van der Waals surface area contributed by atoms with Gasteiger partial charge in [-0.15, -0.1) is 0 Å². The fourth-order valence-electron chi connectivity index (χ4n) is 2.97. The Kier molecular flexibility index (Phi) is 13.6. The lowest BCUT2D eigenvalue weighted by Gasteiger charge is -2.32. The molecular formula is C22H39N3S. The third kappa shape index (κ3) is 11.0. The van der Waals surface area contributed by atoms with Gasteiger partial charge in [-0.05, 0) is 57.5 Å². The van der Waals surface area contributed by atoms with Gasteiger partial charge in [0.25, 0.3) is 0 Å². The maximum Gasteiger partial charge on any atom is 0.0186 e. The molecule has 0 spiro atoms. The average molecular weight is 378 g/mol. The molecular weight excluding hydrogens is 338 g/mol. The van der Waals surface area contributed by atoms with Crippen molar-refractivity contribution < 1.29 is 0 Å². The standard InChI is InChI=1S/C11H23N3S.C9H10.C2H6/c1-15-12-6-9-14-7-4-11(5-8-14)13-10-2-3-10;1-2-6-9-7-4-3-5-8-9;1-2/h10-13H,2-9H2,1H3;2-8H,1H3;1-2H3/b;6-2-;. The van der Waals surface area contributed by atoms with Gasteiger partial charge in [-0.25, -0.2) is 0 Å². The van der Waals surface area contributed by atoms with E-state index < -0.39 is 0 Å². The summed E-state index contributed by atoms with van der Waals surface area (Å²) in [5, 5.41) is 3.73. The van der Waals surface area contributed by atoms with Gasteiger partial charge in [0, 0.05) is 25.2 Å². The van der Waals surface area contributed by atoms with E-state index in [4.69, 9.17) is 0 Å². The SMILES string of the molecule is C/C=C\c1ccccc1.CC.CSNCCN1CCC(NC2CC2)CC1. The van der Waals surface area contributed by atoms with Crippen LogP contribution < -0.4 is 10.0 Å². The van der Waals surface area contributed by atoms with E-state index in [0.717, 1.165) is 18.6 Å². The Morgan fingerprint density at radius 2 is 1.65 bits per heavy atom. The monoisotopic (exact) mass is 377 g/mol. The summed E-state index contributed by atoms with van der Waals surface area (Å²) in [6, 6.07) is 11.9. The topological polar surface area (TPSA) is 27.3 Å². The molecule has 0 atom stereocenters. The lowest BCUT2D eigenvalue weighted by Crippen LogP contribution is -2.44. The molecule has 1 heterocycles. The maximum absolute atomic E-state index is 3.73. The van der Waals surface area contributed by atoms with Crippen molar-refractivity contribution in [1.29, 1.82) is 0 Å². The summed E-state index contributed by atoms with van der Waals surface area (Å²) in [6.45, 7) is 10.9. The highest BCUT2D eigenvalue weighted by atomic mass is 32.2. The number of nitrogens with one attached hydrogen (secondary N) is 2. The quantitative estimate of drug-likeness (QED) is 0.526. The Morgan fingerprint density at radius 1 is 1.04 bits per heavy atom. The van der Waals surface area contributed by atoms with E-state index in [2.05, 4.69) is 39.4 Å². The van der Waals surface area contributed by atoms with Crippen molar-refractivity contribution in [2.75, 3.05) is 32.4 Å². The van der Waals surface area contributed by atoms with Crippen LogP contribution in [-0.2, 0) is 0 Å². The normalized spacial score (nSPS) is 18.0. The van der Waals surface area contributed by atoms with E-state index in [9.17, 15) is 0 Å². The highest BCUT2D eigenvalue weighted by Crippen LogP contribution is 2.22. The van der Waals surface area contributed by atoms with Crippen LogP contribution >= 0.6 is 11.9 Å². The Bertz CT molecular complexity index is 452. The molecule has 1 saturated carbocycles. The molecule has 1 aromatic carbocycles. The predicted octanol–water partition coefficient (Wildman–Crippen LogP) is 4.82. The number of piperidine rings is 1. The number of nitrogens with zero attached hydrogens (tertiary/aromatic N) is 1. The second-order valence-corrected chi connectivity index (χ2v) is 7.26. The molecule has 0 amide bonds. The number of hydrogen-bond donors (Lipinski definition) is 2. The van der Waals surface area contributed by atoms with E-state index in [1.165, 1.54) is 50.9 Å². The number of likely N-dealkylation sites (tertiary alicyclic amines) is 1. The molecule has 2 fully saturated rings. The highest BCUT2D eigenvalue weighted by molar-refractivity contribution is 7.96. The van der Waals surface area contributed by atoms with Crippen LogP contribution in [0.1, 0.15) is 52.0 Å². The summed E-state index contributed by atoms with van der Waals surface area (Å²) in [5.41, 5.74) is 1.26. The lowest BCUT2D eigenvalue weighted by atomic mass is 10.1. The Labute approximate surface area is 166 Å². The van der Waals surface area contributed by atoms with E-state index in [-0.39, 0.29) is 0 Å². The zero-order valence-electron chi connectivity index (χ0n) is 17.2. The second kappa shape index (κ2) is 15.3. The summed E-state index contributed by atoms with van der Waals surface area (Å²) < 4.78 is 3.31. The molecule has 1 saturated heterocycles. The molecule has 3 rings (SSSR count). The third-order valence-electron chi connectivity index (χ3n) is 4.47. The minimum Gasteiger partial charge on any atom is -0.311 e. The van der Waals surface area contributed by atoms with Crippen molar-refractivity contribution in [3.05, 3.63) is 42.0 Å².